The third-order valence-electron chi connectivity index (χ3n) is 6.37. The highest BCUT2D eigenvalue weighted by Gasteiger charge is 2.26. The van der Waals surface area contributed by atoms with E-state index in [-0.39, 0.29) is 18.4 Å². The van der Waals surface area contributed by atoms with Crippen LogP contribution in [-0.4, -0.2) is 60.2 Å². The number of thiophene rings is 1. The first-order chi connectivity index (χ1) is 15.4. The third-order valence-corrected chi connectivity index (χ3v) is 7.57. The molecular formula is C24H30N4O3S. The highest BCUT2D eigenvalue weighted by molar-refractivity contribution is 7.17. The Morgan fingerprint density at radius 1 is 1.06 bits per heavy atom. The van der Waals surface area contributed by atoms with Crippen molar-refractivity contribution in [3.63, 3.8) is 0 Å². The van der Waals surface area contributed by atoms with E-state index in [0.717, 1.165) is 42.4 Å². The van der Waals surface area contributed by atoms with Crippen molar-refractivity contribution in [2.45, 2.75) is 39.0 Å². The van der Waals surface area contributed by atoms with E-state index in [9.17, 15) is 14.4 Å². The molecule has 7 nitrogen and oxygen atoms in total. The second-order valence-electron chi connectivity index (χ2n) is 8.59. The Balaban J connectivity index is 1.30. The lowest BCUT2D eigenvalue weighted by atomic mass is 9.95. The standard InChI is InChI=1S/C24H30N4O3S/c1-16-6-2-3-7-17(16)14-21(30)28-12-10-27(11-13-28)15-20(29)26-24-22(23(25)31)18-8-4-5-9-19(18)32-24/h2-3,6-7H,4-5,8-15H2,1H3,(H2,25,31)(H,26,29). The summed E-state index contributed by atoms with van der Waals surface area (Å²) in [6.45, 7) is 4.77. The quantitative estimate of drug-likeness (QED) is 0.700. The van der Waals surface area contributed by atoms with Crippen molar-refractivity contribution < 1.29 is 14.4 Å². The molecule has 0 radical (unpaired) electrons. The maximum absolute atomic E-state index is 12.7. The number of rotatable bonds is 6. The highest BCUT2D eigenvalue weighted by atomic mass is 32.1. The van der Waals surface area contributed by atoms with Crippen molar-refractivity contribution in [1.29, 1.82) is 0 Å². The topological polar surface area (TPSA) is 95.7 Å². The molecule has 8 heteroatoms. The lowest BCUT2D eigenvalue weighted by Crippen LogP contribution is -2.50. The molecule has 32 heavy (non-hydrogen) atoms. The molecule has 2 heterocycles. The summed E-state index contributed by atoms with van der Waals surface area (Å²) in [5.74, 6) is -0.495. The van der Waals surface area contributed by atoms with Crippen LogP contribution in [0.25, 0.3) is 0 Å². The zero-order valence-electron chi connectivity index (χ0n) is 18.5. The van der Waals surface area contributed by atoms with Crippen LogP contribution in [0.3, 0.4) is 0 Å². The number of anilines is 1. The highest BCUT2D eigenvalue weighted by Crippen LogP contribution is 2.37. The van der Waals surface area contributed by atoms with E-state index in [1.807, 2.05) is 41.0 Å². The van der Waals surface area contributed by atoms with Gasteiger partial charge in [-0.3, -0.25) is 19.3 Å². The van der Waals surface area contributed by atoms with Crippen LogP contribution in [0.1, 0.15) is 44.8 Å². The molecule has 1 aromatic heterocycles. The van der Waals surface area contributed by atoms with E-state index in [1.165, 1.54) is 16.2 Å². The maximum atomic E-state index is 12.7. The largest absolute Gasteiger partial charge is 0.365 e. The van der Waals surface area contributed by atoms with Crippen molar-refractivity contribution in [2.75, 3.05) is 38.0 Å². The zero-order chi connectivity index (χ0) is 22.7. The molecular weight excluding hydrogens is 424 g/mol. The summed E-state index contributed by atoms with van der Waals surface area (Å²) >= 11 is 1.48. The van der Waals surface area contributed by atoms with Crippen molar-refractivity contribution in [3.05, 3.63) is 51.4 Å². The SMILES string of the molecule is Cc1ccccc1CC(=O)N1CCN(CC(=O)Nc2sc3c(c2C(N)=O)CCCC3)CC1. The molecule has 1 aliphatic heterocycles. The van der Waals surface area contributed by atoms with E-state index in [1.54, 1.807) is 0 Å². The molecule has 1 aromatic carbocycles. The molecule has 2 aromatic rings. The second-order valence-corrected chi connectivity index (χ2v) is 9.69. The number of hydrogen-bond donors (Lipinski definition) is 2. The smallest absolute Gasteiger partial charge is 0.251 e. The minimum Gasteiger partial charge on any atom is -0.365 e. The number of nitrogens with two attached hydrogens (primary N) is 1. The number of nitrogens with zero attached hydrogens (tertiary/aromatic N) is 2. The van der Waals surface area contributed by atoms with E-state index in [4.69, 9.17) is 5.73 Å². The lowest BCUT2D eigenvalue weighted by Gasteiger charge is -2.34. The first-order valence-electron chi connectivity index (χ1n) is 11.2. The molecule has 170 valence electrons. The molecule has 1 aliphatic carbocycles. The monoisotopic (exact) mass is 454 g/mol. The van der Waals surface area contributed by atoms with Gasteiger partial charge in [0.05, 0.1) is 18.5 Å². The molecule has 4 rings (SSSR count). The summed E-state index contributed by atoms with van der Waals surface area (Å²) in [6, 6.07) is 7.95. The van der Waals surface area contributed by atoms with Gasteiger partial charge in [0.25, 0.3) is 5.91 Å². The number of amides is 3. The molecule has 0 saturated carbocycles. The normalized spacial score (nSPS) is 16.5. The number of carbonyl (C=O) groups excluding carboxylic acids is 3. The van der Waals surface area contributed by atoms with E-state index < -0.39 is 5.91 Å². The summed E-state index contributed by atoms with van der Waals surface area (Å²) in [7, 11) is 0. The molecule has 0 unspecified atom stereocenters. The average Bonchev–Trinajstić information content (AvgIpc) is 3.13. The average molecular weight is 455 g/mol. The Kier molecular flexibility index (Phi) is 6.91. The van der Waals surface area contributed by atoms with E-state index >= 15 is 0 Å². The first kappa shape index (κ1) is 22.5. The molecule has 0 atom stereocenters. The van der Waals surface area contributed by atoms with Crippen LogP contribution in [-0.2, 0) is 28.9 Å². The van der Waals surface area contributed by atoms with Crippen LogP contribution < -0.4 is 11.1 Å². The van der Waals surface area contributed by atoms with Crippen LogP contribution >= 0.6 is 11.3 Å². The van der Waals surface area contributed by atoms with Crippen molar-refractivity contribution in [3.8, 4) is 0 Å². The molecule has 3 amide bonds. The van der Waals surface area contributed by atoms with Gasteiger partial charge in [-0.15, -0.1) is 11.3 Å². The van der Waals surface area contributed by atoms with Gasteiger partial charge in [-0.1, -0.05) is 24.3 Å². The Morgan fingerprint density at radius 3 is 2.50 bits per heavy atom. The number of carbonyl (C=O) groups is 3. The number of fused-ring (bicyclic) bond motifs is 1. The number of nitrogens with one attached hydrogen (secondary N) is 1. The Hall–Kier alpha value is -2.71. The number of piperazine rings is 1. The molecule has 2 aliphatic rings. The second kappa shape index (κ2) is 9.83. The zero-order valence-corrected chi connectivity index (χ0v) is 19.3. The van der Waals surface area contributed by atoms with Crippen molar-refractivity contribution >= 4 is 34.1 Å². The summed E-state index contributed by atoms with van der Waals surface area (Å²) in [5.41, 5.74) is 9.31. The van der Waals surface area contributed by atoms with Gasteiger partial charge in [-0.25, -0.2) is 0 Å². The van der Waals surface area contributed by atoms with Crippen LogP contribution in [0, 0.1) is 6.92 Å². The molecule has 0 bridgehead atoms. The number of primary amides is 1. The fourth-order valence-electron chi connectivity index (χ4n) is 4.52. The Labute approximate surface area is 192 Å². The molecule has 1 fully saturated rings. The fraction of sp³-hybridized carbons (Fsp3) is 0.458. The minimum absolute atomic E-state index is 0.124. The van der Waals surface area contributed by atoms with E-state index in [2.05, 4.69) is 5.32 Å². The maximum Gasteiger partial charge on any atom is 0.251 e. The third kappa shape index (κ3) is 5.02. The number of benzene rings is 1. The summed E-state index contributed by atoms with van der Waals surface area (Å²) in [4.78, 5) is 42.5. The Bertz CT molecular complexity index is 1020. The lowest BCUT2D eigenvalue weighted by molar-refractivity contribution is -0.132. The predicted molar refractivity (Wildman–Crippen MR) is 126 cm³/mol. The van der Waals surface area contributed by atoms with Crippen molar-refractivity contribution in [1.82, 2.24) is 9.80 Å². The van der Waals surface area contributed by atoms with Crippen LogP contribution in [0.15, 0.2) is 24.3 Å². The van der Waals surface area contributed by atoms with Gasteiger partial charge in [0.1, 0.15) is 5.00 Å². The van der Waals surface area contributed by atoms with Crippen LogP contribution in [0.5, 0.6) is 0 Å². The van der Waals surface area contributed by atoms with Gasteiger partial charge in [-0.2, -0.15) is 0 Å². The van der Waals surface area contributed by atoms with Gasteiger partial charge in [0, 0.05) is 31.1 Å². The number of hydrogen-bond acceptors (Lipinski definition) is 5. The summed E-state index contributed by atoms with van der Waals surface area (Å²) in [6.07, 6.45) is 4.34. The Morgan fingerprint density at radius 2 is 1.78 bits per heavy atom. The van der Waals surface area contributed by atoms with Gasteiger partial charge in [0.2, 0.25) is 11.8 Å². The van der Waals surface area contributed by atoms with Crippen molar-refractivity contribution in [2.24, 2.45) is 5.73 Å². The first-order valence-corrected chi connectivity index (χ1v) is 12.0. The van der Waals surface area contributed by atoms with Crippen LogP contribution in [0.2, 0.25) is 0 Å². The molecule has 3 N–H and O–H groups in total. The molecule has 0 spiro atoms. The minimum atomic E-state index is -0.472. The molecule has 1 saturated heterocycles. The van der Waals surface area contributed by atoms with Crippen LogP contribution in [0.4, 0.5) is 5.00 Å². The summed E-state index contributed by atoms with van der Waals surface area (Å²) in [5, 5.41) is 3.51. The van der Waals surface area contributed by atoms with Gasteiger partial charge >= 0.3 is 0 Å². The predicted octanol–water partition coefficient (Wildman–Crippen LogP) is 2.36. The fourth-order valence-corrected chi connectivity index (χ4v) is 5.83. The van der Waals surface area contributed by atoms with Gasteiger partial charge in [0.15, 0.2) is 0 Å². The van der Waals surface area contributed by atoms with E-state index in [0.29, 0.717) is 43.2 Å². The van der Waals surface area contributed by atoms with Gasteiger partial charge in [-0.05, 0) is 49.3 Å². The van der Waals surface area contributed by atoms with Gasteiger partial charge < -0.3 is 16.0 Å². The number of aryl methyl sites for hydroxylation is 2. The summed E-state index contributed by atoms with van der Waals surface area (Å²) < 4.78 is 0.